The van der Waals surface area contributed by atoms with Crippen LogP contribution in [0.5, 0.6) is 0 Å². The molecule has 0 aromatic heterocycles. The van der Waals surface area contributed by atoms with Gasteiger partial charge in [-0.3, -0.25) is 4.79 Å². The lowest BCUT2D eigenvalue weighted by Gasteiger charge is -2.20. The quantitative estimate of drug-likeness (QED) is 0.890. The van der Waals surface area contributed by atoms with Gasteiger partial charge in [0.25, 0.3) is 0 Å². The number of amides is 1. The Kier molecular flexibility index (Phi) is 5.37. The largest absolute Gasteiger partial charge is 0.349 e. The van der Waals surface area contributed by atoms with E-state index in [9.17, 15) is 4.79 Å². The Balaban J connectivity index is 2.07. The van der Waals surface area contributed by atoms with Gasteiger partial charge >= 0.3 is 0 Å². The highest BCUT2D eigenvalue weighted by Gasteiger charge is 2.20. The lowest BCUT2D eigenvalue weighted by atomic mass is 9.97. The normalized spacial score (nSPS) is 13.5. The zero-order valence-electron chi connectivity index (χ0n) is 11.9. The highest BCUT2D eigenvalue weighted by molar-refractivity contribution is 6.30. The zero-order chi connectivity index (χ0) is 15.2. The molecule has 2 aromatic rings. The van der Waals surface area contributed by atoms with E-state index < -0.39 is 0 Å². The predicted molar refractivity (Wildman–Crippen MR) is 86.2 cm³/mol. The Hall–Kier alpha value is -1.84. The number of hydrogen-bond acceptors (Lipinski definition) is 2. The summed E-state index contributed by atoms with van der Waals surface area (Å²) >= 11 is 5.87. The zero-order valence-corrected chi connectivity index (χ0v) is 12.7. The van der Waals surface area contributed by atoms with E-state index in [2.05, 4.69) is 5.32 Å². The minimum absolute atomic E-state index is 0.0637. The number of halogens is 1. The molecule has 1 amide bonds. The van der Waals surface area contributed by atoms with E-state index in [4.69, 9.17) is 17.3 Å². The molecule has 0 saturated heterocycles. The van der Waals surface area contributed by atoms with Crippen molar-refractivity contribution in [1.29, 1.82) is 0 Å². The molecule has 2 rings (SSSR count). The highest BCUT2D eigenvalue weighted by atomic mass is 35.5. The summed E-state index contributed by atoms with van der Waals surface area (Å²) in [6, 6.07) is 16.9. The molecule has 0 aliphatic carbocycles. The van der Waals surface area contributed by atoms with Gasteiger partial charge in [-0.25, -0.2) is 0 Å². The summed E-state index contributed by atoms with van der Waals surface area (Å²) in [5.41, 5.74) is 7.70. The molecule has 0 aliphatic heterocycles. The fraction of sp³-hybridized carbons (Fsp3) is 0.235. The van der Waals surface area contributed by atoms with Crippen molar-refractivity contribution >= 4 is 17.5 Å². The van der Waals surface area contributed by atoms with Gasteiger partial charge in [0.1, 0.15) is 0 Å². The third kappa shape index (κ3) is 4.06. The maximum atomic E-state index is 12.4. The number of rotatable bonds is 5. The van der Waals surface area contributed by atoms with E-state index >= 15 is 0 Å². The summed E-state index contributed by atoms with van der Waals surface area (Å²) in [6.45, 7) is 2.23. The van der Waals surface area contributed by atoms with Crippen LogP contribution in [-0.2, 0) is 4.79 Å². The second-order valence-electron chi connectivity index (χ2n) is 4.98. The molecular formula is C17H19ClN2O. The van der Waals surface area contributed by atoms with Crippen molar-refractivity contribution < 1.29 is 4.79 Å². The van der Waals surface area contributed by atoms with Crippen LogP contribution in [0.2, 0.25) is 5.02 Å². The number of nitrogens with one attached hydrogen (secondary N) is 1. The minimum atomic E-state index is -0.332. The van der Waals surface area contributed by atoms with Crippen LogP contribution in [0.25, 0.3) is 0 Å². The van der Waals surface area contributed by atoms with Crippen LogP contribution in [0.15, 0.2) is 54.6 Å². The SMILES string of the molecule is C[C@H](NC(=O)C(CN)c1ccccc1)c1ccc(Cl)cc1. The van der Waals surface area contributed by atoms with Crippen molar-refractivity contribution in [3.05, 3.63) is 70.7 Å². The van der Waals surface area contributed by atoms with Crippen molar-refractivity contribution in [2.45, 2.75) is 18.9 Å². The molecule has 2 atom stereocenters. The molecule has 2 aromatic carbocycles. The Labute approximate surface area is 130 Å². The third-order valence-electron chi connectivity index (χ3n) is 3.48. The number of carbonyl (C=O) groups excluding carboxylic acids is 1. The Morgan fingerprint density at radius 3 is 2.29 bits per heavy atom. The molecule has 0 radical (unpaired) electrons. The van der Waals surface area contributed by atoms with Crippen LogP contribution in [0.3, 0.4) is 0 Å². The summed E-state index contributed by atoms with van der Waals surface area (Å²) in [6.07, 6.45) is 0. The molecule has 1 unspecified atom stereocenters. The molecule has 0 aliphatic rings. The van der Waals surface area contributed by atoms with E-state index in [-0.39, 0.29) is 24.4 Å². The van der Waals surface area contributed by atoms with Crippen molar-refractivity contribution in [2.24, 2.45) is 5.73 Å². The van der Waals surface area contributed by atoms with Gasteiger partial charge in [0, 0.05) is 11.6 Å². The maximum Gasteiger partial charge on any atom is 0.229 e. The number of hydrogen-bond donors (Lipinski definition) is 2. The summed E-state index contributed by atoms with van der Waals surface area (Å²) < 4.78 is 0. The molecule has 3 N–H and O–H groups in total. The van der Waals surface area contributed by atoms with Crippen LogP contribution >= 0.6 is 11.6 Å². The number of carbonyl (C=O) groups is 1. The fourth-order valence-electron chi connectivity index (χ4n) is 2.23. The van der Waals surface area contributed by atoms with Gasteiger partial charge in [0.15, 0.2) is 0 Å². The van der Waals surface area contributed by atoms with Crippen molar-refractivity contribution in [3.8, 4) is 0 Å². The summed E-state index contributed by atoms with van der Waals surface area (Å²) in [7, 11) is 0. The second-order valence-corrected chi connectivity index (χ2v) is 5.42. The Bertz CT molecular complexity index is 583. The highest BCUT2D eigenvalue weighted by Crippen LogP contribution is 2.19. The third-order valence-corrected chi connectivity index (χ3v) is 3.73. The number of benzene rings is 2. The number of nitrogens with two attached hydrogens (primary N) is 1. The summed E-state index contributed by atoms with van der Waals surface area (Å²) in [4.78, 5) is 12.4. The van der Waals surface area contributed by atoms with E-state index in [0.29, 0.717) is 5.02 Å². The average Bonchev–Trinajstić information content (AvgIpc) is 2.49. The molecule has 0 spiro atoms. The van der Waals surface area contributed by atoms with Crippen LogP contribution in [0, 0.1) is 0 Å². The van der Waals surface area contributed by atoms with E-state index in [1.165, 1.54) is 0 Å². The van der Waals surface area contributed by atoms with Crippen molar-refractivity contribution in [3.63, 3.8) is 0 Å². The molecule has 21 heavy (non-hydrogen) atoms. The smallest absolute Gasteiger partial charge is 0.229 e. The Morgan fingerprint density at radius 2 is 1.71 bits per heavy atom. The maximum absolute atomic E-state index is 12.4. The van der Waals surface area contributed by atoms with E-state index in [1.54, 1.807) is 0 Å². The molecular weight excluding hydrogens is 284 g/mol. The van der Waals surface area contributed by atoms with Crippen LogP contribution in [0.1, 0.15) is 30.0 Å². The monoisotopic (exact) mass is 302 g/mol. The van der Waals surface area contributed by atoms with Gasteiger partial charge in [-0.05, 0) is 30.2 Å². The molecule has 0 saturated carbocycles. The average molecular weight is 303 g/mol. The van der Waals surface area contributed by atoms with Gasteiger partial charge in [-0.2, -0.15) is 0 Å². The van der Waals surface area contributed by atoms with Crippen LogP contribution in [0.4, 0.5) is 0 Å². The minimum Gasteiger partial charge on any atom is -0.349 e. The second kappa shape index (κ2) is 7.25. The summed E-state index contributed by atoms with van der Waals surface area (Å²) in [5, 5.41) is 3.68. The fourth-order valence-corrected chi connectivity index (χ4v) is 2.35. The topological polar surface area (TPSA) is 55.1 Å². The Morgan fingerprint density at radius 1 is 1.10 bits per heavy atom. The first-order valence-corrected chi connectivity index (χ1v) is 7.30. The summed E-state index contributed by atoms with van der Waals surface area (Å²) in [5.74, 6) is -0.396. The van der Waals surface area contributed by atoms with Crippen LogP contribution < -0.4 is 11.1 Å². The van der Waals surface area contributed by atoms with Crippen molar-refractivity contribution in [1.82, 2.24) is 5.32 Å². The van der Waals surface area contributed by atoms with Gasteiger partial charge < -0.3 is 11.1 Å². The van der Waals surface area contributed by atoms with E-state index in [0.717, 1.165) is 11.1 Å². The molecule has 0 fully saturated rings. The molecule has 110 valence electrons. The lowest BCUT2D eigenvalue weighted by molar-refractivity contribution is -0.123. The van der Waals surface area contributed by atoms with Crippen LogP contribution in [-0.4, -0.2) is 12.5 Å². The molecule has 3 nitrogen and oxygen atoms in total. The first-order chi connectivity index (χ1) is 10.1. The predicted octanol–water partition coefficient (Wildman–Crippen LogP) is 3.26. The first-order valence-electron chi connectivity index (χ1n) is 6.92. The van der Waals surface area contributed by atoms with Gasteiger partial charge in [-0.1, -0.05) is 54.1 Å². The first kappa shape index (κ1) is 15.5. The lowest BCUT2D eigenvalue weighted by Crippen LogP contribution is -2.35. The van der Waals surface area contributed by atoms with Crippen molar-refractivity contribution in [2.75, 3.05) is 6.54 Å². The molecule has 4 heteroatoms. The molecule has 0 heterocycles. The van der Waals surface area contributed by atoms with E-state index in [1.807, 2.05) is 61.5 Å². The van der Waals surface area contributed by atoms with Gasteiger partial charge in [0.2, 0.25) is 5.91 Å². The standard InChI is InChI=1S/C17H19ClN2O/c1-12(13-7-9-15(18)10-8-13)20-17(21)16(11-19)14-5-3-2-4-6-14/h2-10,12,16H,11,19H2,1H3,(H,20,21)/t12-,16?/m0/s1. The van der Waals surface area contributed by atoms with Gasteiger partial charge in [-0.15, -0.1) is 0 Å². The molecule has 0 bridgehead atoms. The van der Waals surface area contributed by atoms with Gasteiger partial charge in [0.05, 0.1) is 12.0 Å².